The van der Waals surface area contributed by atoms with Crippen LogP contribution in [0.2, 0.25) is 0 Å². The summed E-state index contributed by atoms with van der Waals surface area (Å²) < 4.78 is 133. The number of benzene rings is 2. The summed E-state index contributed by atoms with van der Waals surface area (Å²) in [4.78, 5) is 11.4. The fourth-order valence-corrected chi connectivity index (χ4v) is 4.63. The molecule has 0 amide bonds. The number of nitriles is 4. The number of nitrogens with zero attached hydrogens (tertiary/aromatic N) is 8. The number of pyridine rings is 1. The zero-order valence-electron chi connectivity index (χ0n) is 22.7. The van der Waals surface area contributed by atoms with Gasteiger partial charge in [0.15, 0.2) is 29.1 Å². The van der Waals surface area contributed by atoms with Crippen LogP contribution in [0.5, 0.6) is 0 Å². The van der Waals surface area contributed by atoms with Crippen molar-refractivity contribution in [3.8, 4) is 24.3 Å². The van der Waals surface area contributed by atoms with Gasteiger partial charge in [0, 0.05) is 12.4 Å². The van der Waals surface area contributed by atoms with E-state index >= 15 is 17.6 Å². The van der Waals surface area contributed by atoms with E-state index in [0.717, 1.165) is 18.3 Å². The Balaban J connectivity index is 2.37. The summed E-state index contributed by atoms with van der Waals surface area (Å²) in [6.07, 6.45) is -4.23. The second-order valence-corrected chi connectivity index (χ2v) is 9.01. The van der Waals surface area contributed by atoms with Gasteiger partial charge >= 0.3 is 6.18 Å². The highest BCUT2D eigenvalue weighted by Crippen LogP contribution is 2.58. The van der Waals surface area contributed by atoms with E-state index in [2.05, 4.69) is 19.5 Å². The molecule has 0 aliphatic heterocycles. The topological polar surface area (TPSA) is 121 Å². The molecular weight excluding hydrogens is 655 g/mol. The van der Waals surface area contributed by atoms with Crippen molar-refractivity contribution in [1.29, 1.82) is 21.0 Å². The molecule has 3 aromatic rings. The predicted octanol–water partition coefficient (Wildman–Crippen LogP) is 8.38. The van der Waals surface area contributed by atoms with Crippen LogP contribution in [0.3, 0.4) is 0 Å². The maximum Gasteiger partial charge on any atom is 0.417 e. The van der Waals surface area contributed by atoms with E-state index in [4.69, 9.17) is 25.0 Å². The first-order valence-corrected chi connectivity index (χ1v) is 12.1. The molecule has 1 aromatic heterocycles. The maximum atomic E-state index is 15.5. The summed E-state index contributed by atoms with van der Waals surface area (Å²) >= 11 is 0. The van der Waals surface area contributed by atoms with E-state index in [9.17, 15) is 37.7 Å². The molecule has 0 spiro atoms. The first-order chi connectivity index (χ1) is 22.7. The molecule has 0 N–H and O–H groups in total. The molecule has 8 nitrogen and oxygen atoms in total. The zero-order valence-corrected chi connectivity index (χ0v) is 22.7. The SMILES string of the molecule is [C-]#[N+]/C(=C1/C(=C(\C#N)c2c(F)c(F)c(C#N)c(C#N)c2F)/C1=C(\C#N)c1c(F)c(F)c([N+]#[C-])c([N+]#[C-])c1F)c1ccncc1C(F)(F)F. The maximum absolute atomic E-state index is 15.5. The van der Waals surface area contributed by atoms with Crippen LogP contribution < -0.4 is 0 Å². The summed E-state index contributed by atoms with van der Waals surface area (Å²) in [6.45, 7) is 21.7. The van der Waals surface area contributed by atoms with Gasteiger partial charge in [-0.15, -0.1) is 0 Å². The first-order valence-electron chi connectivity index (χ1n) is 12.1. The normalized spacial score (nSPS) is 15.0. The van der Waals surface area contributed by atoms with E-state index < -0.39 is 119 Å². The molecule has 1 heterocycles. The summed E-state index contributed by atoms with van der Waals surface area (Å²) in [5, 5.41) is 38.4. The Morgan fingerprint density at radius 1 is 0.667 bits per heavy atom. The third-order valence-corrected chi connectivity index (χ3v) is 6.68. The molecule has 230 valence electrons. The minimum absolute atomic E-state index is 0.251. The molecule has 0 saturated heterocycles. The molecule has 0 unspecified atom stereocenters. The molecule has 0 bridgehead atoms. The van der Waals surface area contributed by atoms with E-state index in [1.54, 1.807) is 0 Å². The predicted molar refractivity (Wildman–Crippen MR) is 142 cm³/mol. The van der Waals surface area contributed by atoms with Gasteiger partial charge in [-0.2, -0.15) is 34.2 Å². The smallest absolute Gasteiger partial charge is 0.264 e. The average Bonchev–Trinajstić information content (AvgIpc) is 3.78. The van der Waals surface area contributed by atoms with Crippen LogP contribution in [-0.2, 0) is 6.18 Å². The van der Waals surface area contributed by atoms with Gasteiger partial charge in [-0.1, -0.05) is 0 Å². The monoisotopic (exact) mass is 658 g/mol. The number of halogens is 9. The Kier molecular flexibility index (Phi) is 8.51. The molecule has 0 radical (unpaired) electrons. The first kappa shape index (κ1) is 33.5. The van der Waals surface area contributed by atoms with Gasteiger partial charge in [-0.25, -0.2) is 40.9 Å². The standard InChI is InChI=1S/C31H3F9N8/c1-45-28(11-4-5-48-10-16(11)31(38,39)40)21-17(14(8-43)19-22(32)12(6-41)13(7-42)23(33)24(19)34)18(21)15(9-44)20-25(35)27(37)30(47-3)29(46-2)26(20)36/h4-5,10H/b17-14+,18-15-,28-21-. The van der Waals surface area contributed by atoms with Crippen molar-refractivity contribution in [2.45, 2.75) is 6.18 Å². The van der Waals surface area contributed by atoms with Crippen molar-refractivity contribution in [3.63, 3.8) is 0 Å². The molecule has 4 rings (SSSR count). The Morgan fingerprint density at radius 2 is 1.15 bits per heavy atom. The van der Waals surface area contributed by atoms with Crippen molar-refractivity contribution in [3.05, 3.63) is 138 Å². The lowest BCUT2D eigenvalue weighted by molar-refractivity contribution is -0.138. The summed E-state index contributed by atoms with van der Waals surface area (Å²) in [6, 6.07) is 5.16. The second kappa shape index (κ2) is 12.2. The van der Waals surface area contributed by atoms with Crippen molar-refractivity contribution in [1.82, 2.24) is 4.98 Å². The van der Waals surface area contributed by atoms with Crippen molar-refractivity contribution >= 4 is 28.2 Å². The lowest BCUT2D eigenvalue weighted by atomic mass is 9.96. The van der Waals surface area contributed by atoms with Gasteiger partial charge in [0.25, 0.3) is 0 Å². The van der Waals surface area contributed by atoms with Gasteiger partial charge in [-0.3, -0.25) is 4.98 Å². The van der Waals surface area contributed by atoms with E-state index in [1.165, 1.54) is 12.1 Å². The van der Waals surface area contributed by atoms with Crippen LogP contribution in [0.15, 0.2) is 35.2 Å². The highest BCUT2D eigenvalue weighted by atomic mass is 19.4. The second-order valence-electron chi connectivity index (χ2n) is 9.01. The summed E-state index contributed by atoms with van der Waals surface area (Å²) in [7, 11) is 0. The summed E-state index contributed by atoms with van der Waals surface area (Å²) in [5.41, 5.74) is -19.0. The Bertz CT molecular complexity index is 2290. The Labute approximate surface area is 262 Å². The number of aromatic nitrogens is 1. The molecule has 1 aliphatic carbocycles. The third-order valence-electron chi connectivity index (χ3n) is 6.68. The van der Waals surface area contributed by atoms with Crippen LogP contribution in [0.1, 0.15) is 33.4 Å². The zero-order chi connectivity index (χ0) is 35.8. The number of hydrogen-bond donors (Lipinski definition) is 0. The van der Waals surface area contributed by atoms with Crippen molar-refractivity contribution in [2.24, 2.45) is 0 Å². The highest BCUT2D eigenvalue weighted by Gasteiger charge is 2.46. The van der Waals surface area contributed by atoms with Crippen LogP contribution in [-0.4, -0.2) is 4.98 Å². The molecule has 1 aliphatic rings. The van der Waals surface area contributed by atoms with Gasteiger partial charge < -0.3 is 0 Å². The average molecular weight is 658 g/mol. The Hall–Kier alpha value is -7.39. The number of hydrogen-bond acceptors (Lipinski definition) is 5. The molecule has 2 aromatic carbocycles. The minimum Gasteiger partial charge on any atom is -0.264 e. The number of rotatable bonds is 3. The van der Waals surface area contributed by atoms with Crippen LogP contribution in [0, 0.1) is 99.9 Å². The van der Waals surface area contributed by atoms with Gasteiger partial charge in [-0.05, 0) is 28.3 Å². The quantitative estimate of drug-likeness (QED) is 0.121. The molecule has 0 atom stereocenters. The largest absolute Gasteiger partial charge is 0.417 e. The fourth-order valence-electron chi connectivity index (χ4n) is 4.63. The van der Waals surface area contributed by atoms with Crippen LogP contribution in [0.25, 0.3) is 31.4 Å². The van der Waals surface area contributed by atoms with Crippen LogP contribution in [0.4, 0.5) is 50.9 Å². The van der Waals surface area contributed by atoms with Gasteiger partial charge in [0.1, 0.15) is 41.2 Å². The molecule has 17 heteroatoms. The van der Waals surface area contributed by atoms with E-state index in [0.29, 0.717) is 6.07 Å². The molecule has 1 saturated carbocycles. The summed E-state index contributed by atoms with van der Waals surface area (Å²) in [5.74, 6) is -13.0. The number of allylic oxidation sites excluding steroid dienone is 5. The van der Waals surface area contributed by atoms with Crippen molar-refractivity contribution in [2.75, 3.05) is 0 Å². The van der Waals surface area contributed by atoms with Crippen LogP contribution >= 0.6 is 0 Å². The lowest BCUT2D eigenvalue weighted by Crippen LogP contribution is -2.09. The van der Waals surface area contributed by atoms with E-state index in [1.807, 2.05) is 0 Å². The molecule has 48 heavy (non-hydrogen) atoms. The minimum atomic E-state index is -5.24. The van der Waals surface area contributed by atoms with Gasteiger partial charge in [0.2, 0.25) is 17.1 Å². The van der Waals surface area contributed by atoms with E-state index in [-0.39, 0.29) is 6.20 Å². The third kappa shape index (κ3) is 4.90. The number of alkyl halides is 3. The highest BCUT2D eigenvalue weighted by molar-refractivity contribution is 6.11. The fraction of sp³-hybridized carbons (Fsp3) is 0.0323. The van der Waals surface area contributed by atoms with Gasteiger partial charge in [0.05, 0.1) is 47.6 Å². The molecular formula is C31H3F9N8. The lowest BCUT2D eigenvalue weighted by Gasteiger charge is -2.11. The van der Waals surface area contributed by atoms with Crippen molar-refractivity contribution < 1.29 is 39.5 Å². The Morgan fingerprint density at radius 3 is 1.60 bits per heavy atom. The molecule has 1 fully saturated rings.